The van der Waals surface area contributed by atoms with Gasteiger partial charge in [0.15, 0.2) is 0 Å². The number of piperidine rings is 1. The molecule has 25 heavy (non-hydrogen) atoms. The van der Waals surface area contributed by atoms with Gasteiger partial charge in [-0.1, -0.05) is 12.1 Å². The van der Waals surface area contributed by atoms with Gasteiger partial charge in [-0.05, 0) is 49.6 Å². The quantitative estimate of drug-likeness (QED) is 0.855. The molecular weight excluding hydrogens is 340 g/mol. The molecule has 2 aromatic rings. The number of carbonyl (C=O) groups excluding carboxylic acids is 1. The molecule has 136 valence electrons. The summed E-state index contributed by atoms with van der Waals surface area (Å²) in [6.45, 7) is 4.41. The molecular formula is C18H25ClN4O2. The molecule has 1 fully saturated rings. The Hall–Kier alpha value is -2.05. The molecule has 1 unspecified atom stereocenters. The zero-order valence-electron chi connectivity index (χ0n) is 14.6. The normalized spacial score (nSPS) is 16.8. The summed E-state index contributed by atoms with van der Waals surface area (Å²) in [5.74, 6) is 0.674. The molecule has 3 rings (SSSR count). The van der Waals surface area contributed by atoms with Crippen LogP contribution >= 0.6 is 12.4 Å². The number of aromatic nitrogens is 2. The summed E-state index contributed by atoms with van der Waals surface area (Å²) in [6, 6.07) is 8.04. The summed E-state index contributed by atoms with van der Waals surface area (Å²) in [7, 11) is 1.65. The van der Waals surface area contributed by atoms with Crippen molar-refractivity contribution in [3.63, 3.8) is 0 Å². The topological polar surface area (TPSA) is 68.2 Å². The molecule has 0 radical (unpaired) electrons. The van der Waals surface area contributed by atoms with Crippen LogP contribution < -0.4 is 15.4 Å². The molecule has 1 aromatic carbocycles. The van der Waals surface area contributed by atoms with E-state index in [9.17, 15) is 4.79 Å². The second kappa shape index (κ2) is 8.87. The number of benzene rings is 1. The van der Waals surface area contributed by atoms with Crippen LogP contribution in [0.3, 0.4) is 0 Å². The fraction of sp³-hybridized carbons (Fsp3) is 0.444. The summed E-state index contributed by atoms with van der Waals surface area (Å²) >= 11 is 0. The van der Waals surface area contributed by atoms with Crippen LogP contribution in [0.5, 0.6) is 5.75 Å². The lowest BCUT2D eigenvalue weighted by atomic mass is 10.1. The molecule has 0 spiro atoms. The van der Waals surface area contributed by atoms with E-state index in [1.165, 1.54) is 0 Å². The van der Waals surface area contributed by atoms with Gasteiger partial charge in [0.05, 0.1) is 13.2 Å². The second-order valence-corrected chi connectivity index (χ2v) is 6.17. The van der Waals surface area contributed by atoms with E-state index in [1.807, 2.05) is 36.0 Å². The first-order valence-corrected chi connectivity index (χ1v) is 8.35. The fourth-order valence-corrected chi connectivity index (χ4v) is 2.97. The predicted molar refractivity (Wildman–Crippen MR) is 99.5 cm³/mol. The molecule has 1 amide bonds. The van der Waals surface area contributed by atoms with Gasteiger partial charge in [-0.2, -0.15) is 5.10 Å². The summed E-state index contributed by atoms with van der Waals surface area (Å²) in [5, 5.41) is 10.7. The highest BCUT2D eigenvalue weighted by Gasteiger charge is 2.17. The van der Waals surface area contributed by atoms with E-state index in [-0.39, 0.29) is 18.3 Å². The lowest BCUT2D eigenvalue weighted by molar-refractivity contribution is 0.0944. The predicted octanol–water partition coefficient (Wildman–Crippen LogP) is 2.48. The van der Waals surface area contributed by atoms with E-state index >= 15 is 0 Å². The van der Waals surface area contributed by atoms with Crippen LogP contribution in [0.25, 0.3) is 0 Å². The molecule has 1 atom stereocenters. The number of methoxy groups -OCH3 is 1. The summed E-state index contributed by atoms with van der Waals surface area (Å²) in [5.41, 5.74) is 2.54. The SMILES string of the molecule is COc1cc(CNC(=O)c2ccn(C3CCCNC3)n2)ccc1C.Cl. The minimum absolute atomic E-state index is 0. The molecule has 2 heterocycles. The average molecular weight is 365 g/mol. The molecule has 1 saturated heterocycles. The summed E-state index contributed by atoms with van der Waals surface area (Å²) in [4.78, 5) is 12.3. The van der Waals surface area contributed by atoms with E-state index in [0.29, 0.717) is 18.3 Å². The molecule has 7 heteroatoms. The third-order valence-corrected chi connectivity index (χ3v) is 4.41. The average Bonchev–Trinajstić information content (AvgIpc) is 3.12. The molecule has 0 saturated carbocycles. The van der Waals surface area contributed by atoms with Gasteiger partial charge >= 0.3 is 0 Å². The maximum atomic E-state index is 12.3. The van der Waals surface area contributed by atoms with Crippen LogP contribution in [0.15, 0.2) is 30.5 Å². The lowest BCUT2D eigenvalue weighted by Gasteiger charge is -2.22. The molecule has 0 bridgehead atoms. The van der Waals surface area contributed by atoms with E-state index in [0.717, 1.165) is 42.8 Å². The van der Waals surface area contributed by atoms with Gasteiger partial charge in [0.1, 0.15) is 11.4 Å². The molecule has 2 N–H and O–H groups in total. The number of amides is 1. The van der Waals surface area contributed by atoms with Crippen LogP contribution in [-0.2, 0) is 6.54 Å². The van der Waals surface area contributed by atoms with E-state index in [2.05, 4.69) is 15.7 Å². The summed E-state index contributed by atoms with van der Waals surface area (Å²) in [6.07, 6.45) is 4.13. The third-order valence-electron chi connectivity index (χ3n) is 4.41. The van der Waals surface area contributed by atoms with Crippen molar-refractivity contribution in [1.29, 1.82) is 0 Å². The maximum absolute atomic E-state index is 12.3. The fourth-order valence-electron chi connectivity index (χ4n) is 2.97. The first kappa shape index (κ1) is 19.3. The smallest absolute Gasteiger partial charge is 0.272 e. The number of hydrogen-bond acceptors (Lipinski definition) is 4. The first-order valence-electron chi connectivity index (χ1n) is 8.35. The van der Waals surface area contributed by atoms with Gasteiger partial charge in [-0.15, -0.1) is 12.4 Å². The molecule has 1 aliphatic rings. The number of carbonyl (C=O) groups is 1. The monoisotopic (exact) mass is 364 g/mol. The van der Waals surface area contributed by atoms with Crippen molar-refractivity contribution in [1.82, 2.24) is 20.4 Å². The van der Waals surface area contributed by atoms with E-state index in [4.69, 9.17) is 4.74 Å². The Morgan fingerprint density at radius 3 is 3.00 bits per heavy atom. The standard InChI is InChI=1S/C18H24N4O2.ClH/c1-13-5-6-14(10-17(13)24-2)11-20-18(23)16-7-9-22(21-16)15-4-3-8-19-12-15;/h5-7,9-10,15,19H,3-4,8,11-12H2,1-2H3,(H,20,23);1H. The number of nitrogens with zero attached hydrogens (tertiary/aromatic N) is 2. The number of ether oxygens (including phenoxy) is 1. The number of halogens is 1. The minimum Gasteiger partial charge on any atom is -0.496 e. The number of aryl methyl sites for hydroxylation is 1. The first-order chi connectivity index (χ1) is 11.7. The molecule has 1 aliphatic heterocycles. The van der Waals surface area contributed by atoms with E-state index in [1.54, 1.807) is 13.2 Å². The second-order valence-electron chi connectivity index (χ2n) is 6.17. The minimum atomic E-state index is -0.155. The maximum Gasteiger partial charge on any atom is 0.272 e. The Bertz CT molecular complexity index is 711. The van der Waals surface area contributed by atoms with E-state index < -0.39 is 0 Å². The van der Waals surface area contributed by atoms with Gasteiger partial charge in [0.2, 0.25) is 0 Å². The lowest BCUT2D eigenvalue weighted by Crippen LogP contribution is -2.32. The van der Waals surface area contributed by atoms with Crippen molar-refractivity contribution < 1.29 is 9.53 Å². The molecule has 1 aromatic heterocycles. The van der Waals surface area contributed by atoms with Crippen molar-refractivity contribution in [3.8, 4) is 5.75 Å². The summed E-state index contributed by atoms with van der Waals surface area (Å²) < 4.78 is 7.21. The molecule has 6 nitrogen and oxygen atoms in total. The van der Waals surface area contributed by atoms with Crippen molar-refractivity contribution in [3.05, 3.63) is 47.3 Å². The highest BCUT2D eigenvalue weighted by atomic mass is 35.5. The molecule has 0 aliphatic carbocycles. The zero-order chi connectivity index (χ0) is 16.9. The number of hydrogen-bond donors (Lipinski definition) is 2. The highest BCUT2D eigenvalue weighted by Crippen LogP contribution is 2.19. The van der Waals surface area contributed by atoms with Crippen molar-refractivity contribution in [2.75, 3.05) is 20.2 Å². The van der Waals surface area contributed by atoms with Crippen LogP contribution in [0, 0.1) is 6.92 Å². The van der Waals surface area contributed by atoms with Gasteiger partial charge in [0.25, 0.3) is 5.91 Å². The Balaban J connectivity index is 0.00000225. The van der Waals surface area contributed by atoms with Gasteiger partial charge in [-0.25, -0.2) is 0 Å². The van der Waals surface area contributed by atoms with Crippen LogP contribution in [-0.4, -0.2) is 35.9 Å². The van der Waals surface area contributed by atoms with Crippen molar-refractivity contribution in [2.24, 2.45) is 0 Å². The van der Waals surface area contributed by atoms with Crippen molar-refractivity contribution in [2.45, 2.75) is 32.4 Å². The van der Waals surface area contributed by atoms with Gasteiger partial charge in [0, 0.05) is 19.3 Å². The van der Waals surface area contributed by atoms with Crippen LogP contribution in [0.2, 0.25) is 0 Å². The number of nitrogens with one attached hydrogen (secondary N) is 2. The largest absolute Gasteiger partial charge is 0.496 e. The highest BCUT2D eigenvalue weighted by molar-refractivity contribution is 5.92. The zero-order valence-corrected chi connectivity index (χ0v) is 15.4. The van der Waals surface area contributed by atoms with Crippen molar-refractivity contribution >= 4 is 18.3 Å². The Morgan fingerprint density at radius 1 is 1.44 bits per heavy atom. The Kier molecular flexibility index (Phi) is 6.84. The van der Waals surface area contributed by atoms with Gasteiger partial charge < -0.3 is 15.4 Å². The Morgan fingerprint density at radius 2 is 2.28 bits per heavy atom. The van der Waals surface area contributed by atoms with Crippen LogP contribution in [0.4, 0.5) is 0 Å². The Labute approximate surface area is 154 Å². The van der Waals surface area contributed by atoms with Crippen LogP contribution in [0.1, 0.15) is 40.5 Å². The van der Waals surface area contributed by atoms with Gasteiger partial charge in [-0.3, -0.25) is 9.48 Å². The number of rotatable bonds is 5. The third kappa shape index (κ3) is 4.74.